The molecule has 0 atom stereocenters. The normalized spacial score (nSPS) is 11.6. The molecule has 0 aliphatic rings. The first-order valence-corrected chi connectivity index (χ1v) is 22.8. The van der Waals surface area contributed by atoms with Crippen molar-refractivity contribution in [1.82, 2.24) is 15.0 Å². The Morgan fingerprint density at radius 2 is 0.594 bits per heavy atom. The minimum absolute atomic E-state index is 0.638. The number of rotatable bonds is 5. The fraction of sp³-hybridized carbons (Fsp3) is 0. The fourth-order valence-corrected chi connectivity index (χ4v) is 11.3. The molecule has 0 aliphatic heterocycles. The first-order chi connectivity index (χ1) is 30.4. The molecule has 0 aliphatic carbocycles. The summed E-state index contributed by atoms with van der Waals surface area (Å²) in [5, 5.41) is 4.99. The Morgan fingerprint density at radius 1 is 0.250 bits per heavy atom. The SMILES string of the molecule is Bc1c(B)c(B)c(-c2c(B)c(B)c(B)c(-c3c(B)c(-c4nc(-c5ccccc5)nc(-c5ccccc5)n4)c(B)c4oc5c(B)c6c(B)c(B)c(B)c(B)c6c(B)c5c34)c2B)c(B)c1B. The molecule has 0 spiro atoms. The van der Waals surface area contributed by atoms with E-state index in [1.165, 1.54) is 120 Å². The Morgan fingerprint density at radius 3 is 1.08 bits per heavy atom. The van der Waals surface area contributed by atoms with E-state index in [0.29, 0.717) is 17.5 Å². The summed E-state index contributed by atoms with van der Waals surface area (Å²) in [5.41, 5.74) is 31.8. The maximum absolute atomic E-state index is 7.44. The van der Waals surface area contributed by atoms with E-state index in [2.05, 4.69) is 158 Å². The molecule has 2 heterocycles. The molecule has 4 nitrogen and oxygen atoms in total. The second kappa shape index (κ2) is 16.0. The highest BCUT2D eigenvalue weighted by atomic mass is 16.3. The molecule has 9 rings (SSSR count). The van der Waals surface area contributed by atoms with Crippen molar-refractivity contribution in [3.63, 3.8) is 0 Å². The zero-order valence-corrected chi connectivity index (χ0v) is 41.0. The highest BCUT2D eigenvalue weighted by Gasteiger charge is 2.30. The van der Waals surface area contributed by atoms with Crippen LogP contribution in [0.5, 0.6) is 0 Å². The van der Waals surface area contributed by atoms with E-state index in [9.17, 15) is 0 Å². The zero-order chi connectivity index (χ0) is 46.0. The Labute approximate surface area is 393 Å². The van der Waals surface area contributed by atoms with Gasteiger partial charge in [0.25, 0.3) is 0 Å². The van der Waals surface area contributed by atoms with Crippen molar-refractivity contribution in [2.75, 3.05) is 0 Å². The second-order valence-electron chi connectivity index (χ2n) is 18.8. The summed E-state index contributed by atoms with van der Waals surface area (Å²) in [6, 6.07) is 20.5. The van der Waals surface area contributed by atoms with Crippen LogP contribution >= 0.6 is 0 Å². The summed E-state index contributed by atoms with van der Waals surface area (Å²) in [6.45, 7) is 0. The van der Waals surface area contributed by atoms with Crippen molar-refractivity contribution >= 4 is 259 Å². The van der Waals surface area contributed by atoms with Crippen LogP contribution in [0.25, 0.3) is 89.1 Å². The van der Waals surface area contributed by atoms with Crippen LogP contribution in [0, 0.1) is 0 Å². The van der Waals surface area contributed by atoms with Crippen LogP contribution in [0.3, 0.4) is 0 Å². The van der Waals surface area contributed by atoms with E-state index in [4.69, 9.17) is 19.4 Å². The van der Waals surface area contributed by atoms with Gasteiger partial charge < -0.3 is 4.42 Å². The van der Waals surface area contributed by atoms with Crippen molar-refractivity contribution in [1.29, 1.82) is 0 Å². The molecule has 288 valence electrons. The quantitative estimate of drug-likeness (QED) is 0.163. The van der Waals surface area contributed by atoms with E-state index < -0.39 is 0 Å². The highest BCUT2D eigenvalue weighted by Crippen LogP contribution is 2.36. The molecule has 64 heavy (non-hydrogen) atoms. The van der Waals surface area contributed by atoms with Gasteiger partial charge >= 0.3 is 0 Å². The van der Waals surface area contributed by atoms with Gasteiger partial charge in [-0.2, -0.15) is 0 Å². The smallest absolute Gasteiger partial charge is 0.164 e. The van der Waals surface area contributed by atoms with Crippen LogP contribution < -0.4 is 92.9 Å². The van der Waals surface area contributed by atoms with Gasteiger partial charge in [-0.1, -0.05) is 110 Å². The molecular weight excluding hydrogens is 758 g/mol. The number of furan rings is 1. The third kappa shape index (κ3) is 6.33. The summed E-state index contributed by atoms with van der Waals surface area (Å²) in [7, 11) is 39.0. The Balaban J connectivity index is 1.53. The Hall–Kier alpha value is -5.29. The minimum atomic E-state index is 0.638. The van der Waals surface area contributed by atoms with Gasteiger partial charge in [-0.15, -0.1) is 32.8 Å². The average Bonchev–Trinajstić information content (AvgIpc) is 3.71. The van der Waals surface area contributed by atoms with Crippen LogP contribution in [0.2, 0.25) is 0 Å². The van der Waals surface area contributed by atoms with E-state index in [1.54, 1.807) is 0 Å². The predicted molar refractivity (Wildman–Crippen MR) is 331 cm³/mol. The van der Waals surface area contributed by atoms with Gasteiger partial charge in [0.1, 0.15) is 145 Å². The largest absolute Gasteiger partial charge is 0.457 e. The molecule has 21 heteroatoms. The molecule has 0 saturated heterocycles. The molecule has 0 amide bonds. The van der Waals surface area contributed by atoms with Crippen molar-refractivity contribution < 1.29 is 4.42 Å². The highest BCUT2D eigenvalue weighted by molar-refractivity contribution is 6.73. The monoisotopic (exact) mass is 806 g/mol. The van der Waals surface area contributed by atoms with Gasteiger partial charge in [0.05, 0.1) is 0 Å². The average molecular weight is 803 g/mol. The number of hydrogen-bond donors (Lipinski definition) is 0. The molecule has 7 aromatic carbocycles. The first kappa shape index (κ1) is 43.9. The summed E-state index contributed by atoms with van der Waals surface area (Å²) in [4.78, 5) is 15.8. The Bertz CT molecular complexity index is 3440. The van der Waals surface area contributed by atoms with Gasteiger partial charge in [0.2, 0.25) is 0 Å². The van der Waals surface area contributed by atoms with Crippen LogP contribution in [0.15, 0.2) is 65.1 Å². The van der Waals surface area contributed by atoms with E-state index >= 15 is 0 Å². The molecule has 0 N–H and O–H groups in total. The topological polar surface area (TPSA) is 51.8 Å². The summed E-state index contributed by atoms with van der Waals surface area (Å²) >= 11 is 0. The van der Waals surface area contributed by atoms with Crippen molar-refractivity contribution in [3.8, 4) is 56.4 Å². The van der Waals surface area contributed by atoms with Crippen LogP contribution in [0.4, 0.5) is 0 Å². The lowest BCUT2D eigenvalue weighted by molar-refractivity contribution is 0.675. The third-order valence-electron chi connectivity index (χ3n) is 15.8. The number of fused-ring (bicyclic) bond motifs is 4. The molecule has 0 unspecified atom stereocenters. The molecule has 0 radical (unpaired) electrons. The van der Waals surface area contributed by atoms with Crippen molar-refractivity contribution in [3.05, 3.63) is 60.7 Å². The number of hydrogen-bond acceptors (Lipinski definition) is 4. The first-order valence-electron chi connectivity index (χ1n) is 22.8. The Kier molecular flexibility index (Phi) is 11.0. The standard InChI is InChI=1S/C43H44B17N3O/c44-22-13(15-23(45)16(26(48)33(55)25(15)47)18-28(50)36(58)38(60)37(59)29(18)51)14-20-24(46)17-19(30(52)35(57)34(56)27(17)49)31(53)40(20)64-39(14)32(54)21(22)43-62-41(11-7-3-1-4-8-11)61-42(63-43)12-9-5-2-6-10-12/h1-10H,44-60H2. The van der Waals surface area contributed by atoms with Crippen molar-refractivity contribution in [2.24, 2.45) is 0 Å². The summed E-state index contributed by atoms with van der Waals surface area (Å²) in [6.07, 6.45) is 0. The summed E-state index contributed by atoms with van der Waals surface area (Å²) in [5.74, 6) is 1.92. The van der Waals surface area contributed by atoms with E-state index in [0.717, 1.165) is 44.2 Å². The molecule has 0 fully saturated rings. The summed E-state index contributed by atoms with van der Waals surface area (Å²) < 4.78 is 7.44. The lowest BCUT2D eigenvalue weighted by Gasteiger charge is -2.29. The second-order valence-corrected chi connectivity index (χ2v) is 18.8. The zero-order valence-electron chi connectivity index (χ0n) is 41.0. The van der Waals surface area contributed by atoms with Gasteiger partial charge in [-0.05, 0) is 44.0 Å². The van der Waals surface area contributed by atoms with Crippen molar-refractivity contribution in [2.45, 2.75) is 0 Å². The van der Waals surface area contributed by atoms with Gasteiger partial charge in [-0.3, -0.25) is 0 Å². The molecule has 9 aromatic rings. The number of aromatic nitrogens is 3. The van der Waals surface area contributed by atoms with E-state index in [1.807, 2.05) is 36.4 Å². The van der Waals surface area contributed by atoms with Gasteiger partial charge in [-0.25, -0.2) is 15.0 Å². The van der Waals surface area contributed by atoms with E-state index in [-0.39, 0.29) is 0 Å². The molecule has 0 saturated carbocycles. The van der Waals surface area contributed by atoms with Crippen LogP contribution in [-0.4, -0.2) is 148 Å². The molecule has 0 bridgehead atoms. The van der Waals surface area contributed by atoms with Crippen LogP contribution in [-0.2, 0) is 0 Å². The third-order valence-corrected chi connectivity index (χ3v) is 15.8. The van der Waals surface area contributed by atoms with Gasteiger partial charge in [0, 0.05) is 27.5 Å². The fourth-order valence-electron chi connectivity index (χ4n) is 11.3. The lowest BCUT2D eigenvalue weighted by Crippen LogP contribution is -2.57. The maximum atomic E-state index is 7.44. The lowest BCUT2D eigenvalue weighted by atomic mass is 9.55. The number of benzene rings is 7. The predicted octanol–water partition coefficient (Wildman–Crippen LogP) is -18.3. The minimum Gasteiger partial charge on any atom is -0.457 e. The van der Waals surface area contributed by atoms with Gasteiger partial charge in [0.15, 0.2) is 17.5 Å². The molecular formula is C43H44B17N3O. The number of nitrogens with zero attached hydrogens (tertiary/aromatic N) is 3. The van der Waals surface area contributed by atoms with Crippen LogP contribution in [0.1, 0.15) is 0 Å². The molecule has 2 aromatic heterocycles. The maximum Gasteiger partial charge on any atom is 0.164 e.